The lowest BCUT2D eigenvalue weighted by atomic mass is 10.0. The third-order valence-corrected chi connectivity index (χ3v) is 3.88. The first-order valence-electron chi connectivity index (χ1n) is 5.78. The van der Waals surface area contributed by atoms with E-state index in [2.05, 4.69) is 10.3 Å². The van der Waals surface area contributed by atoms with Crippen LogP contribution in [-0.2, 0) is 4.79 Å². The number of hydrogen-bond acceptors (Lipinski definition) is 4. The summed E-state index contributed by atoms with van der Waals surface area (Å²) < 4.78 is 0. The van der Waals surface area contributed by atoms with Gasteiger partial charge >= 0.3 is 0 Å². The van der Waals surface area contributed by atoms with Crippen LogP contribution in [0.5, 0.6) is 0 Å². The van der Waals surface area contributed by atoms with Crippen LogP contribution >= 0.6 is 11.3 Å². The van der Waals surface area contributed by atoms with Crippen molar-refractivity contribution in [3.8, 4) is 0 Å². The molecule has 0 unspecified atom stereocenters. The van der Waals surface area contributed by atoms with Crippen LogP contribution in [0.15, 0.2) is 0 Å². The number of carbonyl (C=O) groups is 2. The fourth-order valence-electron chi connectivity index (χ4n) is 1.64. The summed E-state index contributed by atoms with van der Waals surface area (Å²) in [6, 6.07) is 0. The second kappa shape index (κ2) is 5.91. The monoisotopic (exact) mass is 254 g/mol. The minimum atomic E-state index is -0.0150. The number of carbonyl (C=O) groups excluding carboxylic acids is 2. The zero-order valence-electron chi connectivity index (χ0n) is 10.7. The highest BCUT2D eigenvalue weighted by molar-refractivity contribution is 7.17. The molecule has 0 spiro atoms. The van der Waals surface area contributed by atoms with E-state index in [-0.39, 0.29) is 17.6 Å². The predicted molar refractivity (Wildman–Crippen MR) is 69.6 cm³/mol. The molecule has 1 amide bonds. The molecule has 0 radical (unpaired) electrons. The van der Waals surface area contributed by atoms with Gasteiger partial charge in [0.05, 0.1) is 10.6 Å². The van der Waals surface area contributed by atoms with Gasteiger partial charge in [0.1, 0.15) is 0 Å². The molecule has 0 atom stereocenters. The molecule has 4 nitrogen and oxygen atoms in total. The smallest absolute Gasteiger partial charge is 0.229 e. The van der Waals surface area contributed by atoms with Crippen LogP contribution < -0.4 is 5.32 Å². The average molecular weight is 254 g/mol. The first-order valence-corrected chi connectivity index (χ1v) is 6.60. The van der Waals surface area contributed by atoms with E-state index in [0.29, 0.717) is 15.7 Å². The Balaban J connectivity index is 2.79. The Morgan fingerprint density at radius 1 is 1.35 bits per heavy atom. The molecule has 0 aliphatic carbocycles. The number of rotatable bonds is 5. The fourth-order valence-corrected chi connectivity index (χ4v) is 2.51. The summed E-state index contributed by atoms with van der Waals surface area (Å²) in [6.07, 6.45) is 1.62. The molecule has 0 fully saturated rings. The maximum absolute atomic E-state index is 11.8. The van der Waals surface area contributed by atoms with Gasteiger partial charge in [0.15, 0.2) is 10.9 Å². The summed E-state index contributed by atoms with van der Waals surface area (Å²) in [5.41, 5.74) is 0.683. The highest BCUT2D eigenvalue weighted by Crippen LogP contribution is 2.23. The van der Waals surface area contributed by atoms with Crippen molar-refractivity contribution in [3.63, 3.8) is 0 Å². The predicted octanol–water partition coefficient (Wildman–Crippen LogP) is 3.03. The lowest BCUT2D eigenvalue weighted by Gasteiger charge is -2.10. The molecule has 0 bridgehead atoms. The fraction of sp³-hybridized carbons (Fsp3) is 0.583. The standard InChI is InChI=1S/C12H18N2O2S/c1-5-9(6-2)11(16)14-12-13-7(3)10(17-12)8(4)15/h9H,5-6H2,1-4H3,(H,13,14,16). The molecule has 0 aliphatic rings. The molecule has 0 saturated carbocycles. The van der Waals surface area contributed by atoms with Gasteiger partial charge < -0.3 is 5.32 Å². The van der Waals surface area contributed by atoms with Crippen molar-refractivity contribution in [2.24, 2.45) is 5.92 Å². The van der Waals surface area contributed by atoms with Crippen LogP contribution in [0.25, 0.3) is 0 Å². The molecule has 17 heavy (non-hydrogen) atoms. The number of nitrogens with one attached hydrogen (secondary N) is 1. The lowest BCUT2D eigenvalue weighted by molar-refractivity contribution is -0.120. The second-order valence-electron chi connectivity index (χ2n) is 3.99. The zero-order valence-corrected chi connectivity index (χ0v) is 11.5. The van der Waals surface area contributed by atoms with Gasteiger partial charge in [-0.3, -0.25) is 9.59 Å². The van der Waals surface area contributed by atoms with E-state index in [1.165, 1.54) is 18.3 Å². The molecular weight excluding hydrogens is 236 g/mol. The summed E-state index contributed by atoms with van der Waals surface area (Å²) in [4.78, 5) is 27.9. The maximum Gasteiger partial charge on any atom is 0.229 e. The van der Waals surface area contributed by atoms with E-state index in [9.17, 15) is 9.59 Å². The Morgan fingerprint density at radius 3 is 2.35 bits per heavy atom. The number of aryl methyl sites for hydroxylation is 1. The number of nitrogens with zero attached hydrogens (tertiary/aromatic N) is 1. The van der Waals surface area contributed by atoms with Crippen LogP contribution in [0, 0.1) is 12.8 Å². The third-order valence-electron chi connectivity index (χ3n) is 2.70. The molecule has 1 aromatic heterocycles. The van der Waals surface area contributed by atoms with Crippen molar-refractivity contribution >= 4 is 28.2 Å². The average Bonchev–Trinajstić information content (AvgIpc) is 2.61. The lowest BCUT2D eigenvalue weighted by Crippen LogP contribution is -2.21. The maximum atomic E-state index is 11.8. The normalized spacial score (nSPS) is 10.6. The second-order valence-corrected chi connectivity index (χ2v) is 4.99. The largest absolute Gasteiger partial charge is 0.302 e. The number of ketones is 1. The van der Waals surface area contributed by atoms with E-state index in [1.54, 1.807) is 6.92 Å². The Hall–Kier alpha value is -1.23. The molecule has 0 aromatic carbocycles. The number of hydrogen-bond donors (Lipinski definition) is 1. The van der Waals surface area contributed by atoms with Crippen LogP contribution in [0.3, 0.4) is 0 Å². The molecule has 1 N–H and O–H groups in total. The van der Waals surface area contributed by atoms with E-state index in [1.807, 2.05) is 13.8 Å². The van der Waals surface area contributed by atoms with E-state index in [0.717, 1.165) is 12.8 Å². The number of anilines is 1. The van der Waals surface area contributed by atoms with Crippen molar-refractivity contribution in [3.05, 3.63) is 10.6 Å². The molecule has 94 valence electrons. The SMILES string of the molecule is CCC(CC)C(=O)Nc1nc(C)c(C(C)=O)s1. The summed E-state index contributed by atoms with van der Waals surface area (Å²) >= 11 is 1.24. The van der Waals surface area contributed by atoms with Gasteiger partial charge in [-0.25, -0.2) is 4.98 Å². The van der Waals surface area contributed by atoms with Gasteiger partial charge in [-0.05, 0) is 19.8 Å². The van der Waals surface area contributed by atoms with Crippen LogP contribution in [0.2, 0.25) is 0 Å². The van der Waals surface area contributed by atoms with Crippen LogP contribution in [0.1, 0.15) is 49.0 Å². The van der Waals surface area contributed by atoms with Crippen molar-refractivity contribution < 1.29 is 9.59 Å². The summed E-state index contributed by atoms with van der Waals surface area (Å²) in [7, 11) is 0. The van der Waals surface area contributed by atoms with Gasteiger partial charge in [0.25, 0.3) is 0 Å². The van der Waals surface area contributed by atoms with Gasteiger partial charge in [-0.2, -0.15) is 0 Å². The molecule has 1 heterocycles. The highest BCUT2D eigenvalue weighted by atomic mass is 32.1. The Labute approximate surface area is 105 Å². The van der Waals surface area contributed by atoms with Gasteiger partial charge in [0.2, 0.25) is 5.91 Å². The van der Waals surface area contributed by atoms with Crippen molar-refractivity contribution in [1.82, 2.24) is 4.98 Å². The van der Waals surface area contributed by atoms with Crippen molar-refractivity contribution in [1.29, 1.82) is 0 Å². The Kier molecular flexibility index (Phi) is 4.81. The first kappa shape index (κ1) is 13.8. The Bertz CT molecular complexity index is 422. The quantitative estimate of drug-likeness (QED) is 0.822. The number of thiazole rings is 1. The minimum Gasteiger partial charge on any atom is -0.302 e. The molecule has 5 heteroatoms. The summed E-state index contributed by atoms with van der Waals surface area (Å²) in [5.74, 6) is -0.0122. The van der Waals surface area contributed by atoms with Crippen molar-refractivity contribution in [2.75, 3.05) is 5.32 Å². The number of amides is 1. The van der Waals surface area contributed by atoms with E-state index < -0.39 is 0 Å². The van der Waals surface area contributed by atoms with Crippen molar-refractivity contribution in [2.45, 2.75) is 40.5 Å². The molecule has 0 saturated heterocycles. The van der Waals surface area contributed by atoms with Gasteiger partial charge in [0, 0.05) is 12.8 Å². The Morgan fingerprint density at radius 2 is 1.94 bits per heavy atom. The van der Waals surface area contributed by atoms with Crippen LogP contribution in [-0.4, -0.2) is 16.7 Å². The zero-order chi connectivity index (χ0) is 13.0. The van der Waals surface area contributed by atoms with E-state index >= 15 is 0 Å². The van der Waals surface area contributed by atoms with Crippen LogP contribution in [0.4, 0.5) is 5.13 Å². The molecule has 1 aromatic rings. The minimum absolute atomic E-state index is 0.0111. The molecule has 1 rings (SSSR count). The van der Waals surface area contributed by atoms with Gasteiger partial charge in [-0.1, -0.05) is 25.2 Å². The van der Waals surface area contributed by atoms with Gasteiger partial charge in [-0.15, -0.1) is 0 Å². The highest BCUT2D eigenvalue weighted by Gasteiger charge is 2.17. The number of Topliss-reactive ketones (excluding diaryl/α,β-unsaturated/α-hetero) is 1. The van der Waals surface area contributed by atoms with E-state index in [4.69, 9.17) is 0 Å². The molecular formula is C12H18N2O2S. The topological polar surface area (TPSA) is 59.1 Å². The first-order chi connectivity index (χ1) is 7.99. The summed E-state index contributed by atoms with van der Waals surface area (Å²) in [5, 5.41) is 3.29. The summed E-state index contributed by atoms with van der Waals surface area (Å²) in [6.45, 7) is 7.26. The molecule has 0 aliphatic heterocycles. The third kappa shape index (κ3) is 3.36. The number of aromatic nitrogens is 1.